The summed E-state index contributed by atoms with van der Waals surface area (Å²) >= 11 is 0. The molecule has 7 nitrogen and oxygen atoms in total. The molecule has 2 N–H and O–H groups in total. The molecule has 2 bridgehead atoms. The Labute approximate surface area is 176 Å². The van der Waals surface area contributed by atoms with Gasteiger partial charge in [-0.2, -0.15) is 0 Å². The van der Waals surface area contributed by atoms with Crippen molar-refractivity contribution in [2.45, 2.75) is 51.4 Å². The first kappa shape index (κ1) is 19.7. The molecule has 1 saturated carbocycles. The monoisotopic (exact) mass is 429 g/mol. The molecule has 0 unspecified atom stereocenters. The van der Waals surface area contributed by atoms with Crippen LogP contribution in [0.5, 0.6) is 5.75 Å². The van der Waals surface area contributed by atoms with E-state index in [1.165, 1.54) is 23.8 Å². The van der Waals surface area contributed by atoms with Crippen molar-refractivity contribution in [2.24, 2.45) is 5.92 Å². The maximum absolute atomic E-state index is 14.2. The van der Waals surface area contributed by atoms with E-state index in [2.05, 4.69) is 5.32 Å². The summed E-state index contributed by atoms with van der Waals surface area (Å²) in [5, 5.41) is 12.9. The Morgan fingerprint density at radius 2 is 2.03 bits per heavy atom. The molecule has 2 amide bonds. The molecule has 0 spiro atoms. The van der Waals surface area contributed by atoms with E-state index in [1.807, 2.05) is 0 Å². The lowest BCUT2D eigenvalue weighted by molar-refractivity contribution is 0.0482. The number of nitrogens with zero attached hydrogens (tertiary/aromatic N) is 2. The average molecular weight is 429 g/mol. The van der Waals surface area contributed by atoms with Crippen LogP contribution in [0, 0.1) is 24.5 Å². The number of pyridine rings is 1. The molecule has 3 heterocycles. The van der Waals surface area contributed by atoms with Gasteiger partial charge in [0, 0.05) is 36.5 Å². The highest BCUT2D eigenvalue weighted by atomic mass is 19.1. The normalized spacial score (nSPS) is 23.6. The summed E-state index contributed by atoms with van der Waals surface area (Å²) in [5.74, 6) is -3.01. The Kier molecular flexibility index (Phi) is 4.39. The quantitative estimate of drug-likeness (QED) is 0.782. The first-order valence-electron chi connectivity index (χ1n) is 10.3. The molecule has 2 aliphatic heterocycles. The van der Waals surface area contributed by atoms with Crippen molar-refractivity contribution in [3.8, 4) is 5.75 Å². The number of nitrogens with one attached hydrogen (secondary N) is 1. The van der Waals surface area contributed by atoms with E-state index in [1.54, 1.807) is 4.90 Å². The number of carbonyl (C=O) groups excluding carboxylic acids is 2. The van der Waals surface area contributed by atoms with Crippen molar-refractivity contribution in [2.75, 3.05) is 0 Å². The highest BCUT2D eigenvalue weighted by molar-refractivity contribution is 5.99. The van der Waals surface area contributed by atoms with Crippen LogP contribution in [-0.4, -0.2) is 38.5 Å². The molecule has 3 aliphatic rings. The molecule has 3 atom stereocenters. The number of halogens is 2. The topological polar surface area (TPSA) is 91.6 Å². The fraction of sp³-hybridized carbons (Fsp3) is 0.409. The Hall–Kier alpha value is -3.23. The van der Waals surface area contributed by atoms with Crippen molar-refractivity contribution in [3.63, 3.8) is 0 Å². The molecule has 9 heteroatoms. The van der Waals surface area contributed by atoms with Gasteiger partial charge in [0.2, 0.25) is 5.43 Å². The maximum Gasteiger partial charge on any atom is 0.275 e. The van der Waals surface area contributed by atoms with Crippen LogP contribution in [0.4, 0.5) is 8.78 Å². The lowest BCUT2D eigenvalue weighted by Crippen LogP contribution is -2.52. The molecule has 1 saturated heterocycles. The van der Waals surface area contributed by atoms with Crippen LogP contribution in [0.1, 0.15) is 51.2 Å². The maximum atomic E-state index is 14.2. The third-order valence-corrected chi connectivity index (χ3v) is 6.90. The van der Waals surface area contributed by atoms with Gasteiger partial charge in [-0.15, -0.1) is 0 Å². The Morgan fingerprint density at radius 1 is 1.26 bits per heavy atom. The van der Waals surface area contributed by atoms with Crippen molar-refractivity contribution in [1.29, 1.82) is 0 Å². The summed E-state index contributed by atoms with van der Waals surface area (Å²) in [6.07, 6.45) is 4.18. The van der Waals surface area contributed by atoms with E-state index in [0.717, 1.165) is 25.3 Å². The second kappa shape index (κ2) is 6.90. The number of hydrogen-bond donors (Lipinski definition) is 2. The number of aromatic hydroxyl groups is 1. The Morgan fingerprint density at radius 3 is 2.81 bits per heavy atom. The number of fused-ring (bicyclic) bond motifs is 6. The Bertz CT molecular complexity index is 1190. The van der Waals surface area contributed by atoms with Gasteiger partial charge in [0.15, 0.2) is 11.4 Å². The minimum absolute atomic E-state index is 0.00662. The van der Waals surface area contributed by atoms with Crippen LogP contribution in [0.25, 0.3) is 0 Å². The number of amides is 2. The smallest absolute Gasteiger partial charge is 0.275 e. The fourth-order valence-electron chi connectivity index (χ4n) is 5.27. The van der Waals surface area contributed by atoms with E-state index in [-0.39, 0.29) is 46.9 Å². The predicted molar refractivity (Wildman–Crippen MR) is 106 cm³/mol. The van der Waals surface area contributed by atoms with Gasteiger partial charge in [0.25, 0.3) is 11.8 Å². The van der Waals surface area contributed by atoms with Crippen molar-refractivity contribution < 1.29 is 23.5 Å². The molecule has 0 radical (unpaired) electrons. The number of aromatic nitrogens is 1. The van der Waals surface area contributed by atoms with Gasteiger partial charge < -0.3 is 19.9 Å². The highest BCUT2D eigenvalue weighted by Gasteiger charge is 2.51. The highest BCUT2D eigenvalue weighted by Crippen LogP contribution is 2.45. The van der Waals surface area contributed by atoms with Gasteiger partial charge in [-0.3, -0.25) is 14.4 Å². The molecule has 2 aromatic rings. The molecular weight excluding hydrogens is 408 g/mol. The zero-order valence-electron chi connectivity index (χ0n) is 16.8. The summed E-state index contributed by atoms with van der Waals surface area (Å²) in [5.41, 5.74) is -1.46. The minimum Gasteiger partial charge on any atom is -0.503 e. The second-order valence-corrected chi connectivity index (χ2v) is 8.56. The summed E-state index contributed by atoms with van der Waals surface area (Å²) in [6, 6.07) is 2.46. The van der Waals surface area contributed by atoms with E-state index in [0.29, 0.717) is 12.5 Å². The molecular formula is C22H21F2N3O4. The number of benzene rings is 1. The molecule has 162 valence electrons. The van der Waals surface area contributed by atoms with Gasteiger partial charge in [-0.05, 0) is 38.2 Å². The van der Waals surface area contributed by atoms with Gasteiger partial charge in [0.05, 0.1) is 6.04 Å². The van der Waals surface area contributed by atoms with E-state index in [4.69, 9.17) is 0 Å². The fourth-order valence-corrected chi connectivity index (χ4v) is 5.27. The van der Waals surface area contributed by atoms with Crippen molar-refractivity contribution in [1.82, 2.24) is 14.8 Å². The lowest BCUT2D eigenvalue weighted by atomic mass is 9.95. The Balaban J connectivity index is 1.44. The SMILES string of the molecule is Cc1c(F)ccc(CNC(=O)c2cn3c(c(O)c2=O)C(=O)N2[C@H]4CC[C@H](C4)[C@@H]2C3)c1F. The van der Waals surface area contributed by atoms with Crippen LogP contribution >= 0.6 is 0 Å². The first-order valence-corrected chi connectivity index (χ1v) is 10.3. The standard InChI is InChI=1S/C22H21F2N3O4/c1-10-15(23)5-3-12(17(10)24)7-25-21(30)14-8-26-9-16-11-2-4-13(6-11)27(16)22(31)18(26)20(29)19(14)28/h3,5,8,11,13,16,29H,2,4,6-7,9H2,1H3,(H,25,30)/t11-,13+,16+/m1/s1. The summed E-state index contributed by atoms with van der Waals surface area (Å²) in [4.78, 5) is 40.1. The van der Waals surface area contributed by atoms with E-state index in [9.17, 15) is 28.3 Å². The third-order valence-electron chi connectivity index (χ3n) is 6.90. The third kappa shape index (κ3) is 2.86. The van der Waals surface area contributed by atoms with Gasteiger partial charge in [-0.1, -0.05) is 6.07 Å². The first-order chi connectivity index (χ1) is 14.8. The minimum atomic E-state index is -0.948. The second-order valence-electron chi connectivity index (χ2n) is 8.56. The van der Waals surface area contributed by atoms with Crippen molar-refractivity contribution in [3.05, 3.63) is 62.6 Å². The molecule has 2 fully saturated rings. The summed E-state index contributed by atoms with van der Waals surface area (Å²) in [7, 11) is 0. The number of carbonyl (C=O) groups is 2. The van der Waals surface area contributed by atoms with E-state index >= 15 is 0 Å². The van der Waals surface area contributed by atoms with Gasteiger partial charge >= 0.3 is 0 Å². The molecule has 1 aromatic heterocycles. The number of hydrogen-bond acceptors (Lipinski definition) is 4. The zero-order chi connectivity index (χ0) is 22.0. The van der Waals surface area contributed by atoms with Crippen LogP contribution in [-0.2, 0) is 13.1 Å². The van der Waals surface area contributed by atoms with Crippen LogP contribution in [0.15, 0.2) is 23.1 Å². The predicted octanol–water partition coefficient (Wildman–Crippen LogP) is 2.08. The van der Waals surface area contributed by atoms with Crippen LogP contribution in [0.2, 0.25) is 0 Å². The largest absolute Gasteiger partial charge is 0.503 e. The summed E-state index contributed by atoms with van der Waals surface area (Å²) < 4.78 is 29.1. The van der Waals surface area contributed by atoms with Crippen LogP contribution in [0.3, 0.4) is 0 Å². The molecule has 5 rings (SSSR count). The van der Waals surface area contributed by atoms with Crippen molar-refractivity contribution >= 4 is 11.8 Å². The summed E-state index contributed by atoms with van der Waals surface area (Å²) in [6.45, 7) is 1.44. The van der Waals surface area contributed by atoms with Gasteiger partial charge in [0.1, 0.15) is 17.2 Å². The van der Waals surface area contributed by atoms with Crippen LogP contribution < -0.4 is 10.7 Å². The zero-order valence-corrected chi connectivity index (χ0v) is 16.8. The lowest BCUT2D eigenvalue weighted by Gasteiger charge is -2.40. The average Bonchev–Trinajstić information content (AvgIpc) is 3.36. The molecule has 31 heavy (non-hydrogen) atoms. The number of rotatable bonds is 3. The molecule has 1 aliphatic carbocycles. The van der Waals surface area contributed by atoms with E-state index < -0.39 is 28.7 Å². The molecule has 1 aromatic carbocycles. The number of piperidine rings is 1. The van der Waals surface area contributed by atoms with Gasteiger partial charge in [-0.25, -0.2) is 8.78 Å².